The maximum atomic E-state index is 9.29. The molecule has 1 aromatic heterocycles. The van der Waals surface area contributed by atoms with E-state index in [0.717, 1.165) is 9.58 Å². The van der Waals surface area contributed by atoms with Gasteiger partial charge in [-0.15, -0.1) is 11.3 Å². The highest BCUT2D eigenvalue weighted by molar-refractivity contribution is 7.20. The average molecular weight is 208 g/mol. The predicted octanol–water partition coefficient (Wildman–Crippen LogP) is 0.595. The number of phenols is 1. The highest BCUT2D eigenvalue weighted by atomic mass is 32.1. The molecule has 0 fully saturated rings. The van der Waals surface area contributed by atoms with Crippen molar-refractivity contribution in [2.45, 2.75) is 6.92 Å². The summed E-state index contributed by atoms with van der Waals surface area (Å²) >= 11 is 1.48. The second kappa shape index (κ2) is 3.27. The number of rotatable bonds is 1. The van der Waals surface area contributed by atoms with Crippen LogP contribution in [0.5, 0.6) is 5.75 Å². The molecule has 0 saturated carbocycles. The second-order valence-electron chi connectivity index (χ2n) is 3.13. The Morgan fingerprint density at radius 1 is 1.29 bits per heavy atom. The lowest BCUT2D eigenvalue weighted by molar-refractivity contribution is 0.426. The second-order valence-corrected chi connectivity index (χ2v) is 4.38. The molecule has 0 unspecified atom stereocenters. The van der Waals surface area contributed by atoms with E-state index in [9.17, 15) is 5.11 Å². The molecule has 2 aromatic rings. The number of aromatic hydroxyl groups is 1. The van der Waals surface area contributed by atoms with Gasteiger partial charge in [0.25, 0.3) is 0 Å². The fourth-order valence-electron chi connectivity index (χ4n) is 1.55. The molecule has 72 valence electrons. The van der Waals surface area contributed by atoms with E-state index in [-0.39, 0.29) is 5.75 Å². The number of phenolic OH excluding ortho intramolecular Hbond substituents is 1. The monoisotopic (exact) mass is 208 g/mol. The van der Waals surface area contributed by atoms with Crippen molar-refractivity contribution in [3.8, 4) is 5.75 Å². The molecular weight excluding hydrogens is 199 g/mol. The molecular formula is C9H9BO3S. The summed E-state index contributed by atoms with van der Waals surface area (Å²) in [5, 5.41) is 28.3. The minimum Gasteiger partial charge on any atom is -0.508 e. The van der Waals surface area contributed by atoms with E-state index in [1.54, 1.807) is 18.2 Å². The molecule has 1 heterocycles. The Morgan fingerprint density at radius 2 is 2.00 bits per heavy atom. The number of thiophene rings is 1. The van der Waals surface area contributed by atoms with Crippen LogP contribution in [0.3, 0.4) is 0 Å². The van der Waals surface area contributed by atoms with Crippen LogP contribution in [0.25, 0.3) is 10.1 Å². The van der Waals surface area contributed by atoms with Gasteiger partial charge in [0.05, 0.1) is 0 Å². The van der Waals surface area contributed by atoms with Gasteiger partial charge in [-0.3, -0.25) is 0 Å². The normalized spacial score (nSPS) is 10.8. The van der Waals surface area contributed by atoms with Crippen LogP contribution >= 0.6 is 11.3 Å². The van der Waals surface area contributed by atoms with Gasteiger partial charge in [-0.2, -0.15) is 0 Å². The first-order valence-corrected chi connectivity index (χ1v) is 4.99. The summed E-state index contributed by atoms with van der Waals surface area (Å²) in [6.07, 6.45) is 0. The van der Waals surface area contributed by atoms with Crippen LogP contribution in [0.2, 0.25) is 0 Å². The Kier molecular flexibility index (Phi) is 2.22. The van der Waals surface area contributed by atoms with Crippen LogP contribution in [-0.2, 0) is 0 Å². The standard InChI is InChI=1S/C9H9BO3S/c1-5-9(10(12)13)7-4-6(11)2-3-8(7)14-5/h2-4,11-13H,1H3. The molecule has 0 amide bonds. The van der Waals surface area contributed by atoms with Gasteiger partial charge < -0.3 is 15.2 Å². The zero-order chi connectivity index (χ0) is 10.3. The summed E-state index contributed by atoms with van der Waals surface area (Å²) in [7, 11) is -1.48. The minimum absolute atomic E-state index is 0.136. The predicted molar refractivity (Wildman–Crippen MR) is 58.1 cm³/mol. The summed E-state index contributed by atoms with van der Waals surface area (Å²) in [6, 6.07) is 4.91. The fraction of sp³-hybridized carbons (Fsp3) is 0.111. The SMILES string of the molecule is Cc1sc2ccc(O)cc2c1B(O)O. The molecule has 0 atom stereocenters. The molecule has 14 heavy (non-hydrogen) atoms. The summed E-state index contributed by atoms with van der Waals surface area (Å²) in [5.74, 6) is 0.136. The number of hydrogen-bond acceptors (Lipinski definition) is 4. The van der Waals surface area contributed by atoms with Crippen molar-refractivity contribution in [2.75, 3.05) is 0 Å². The molecule has 1 aromatic carbocycles. The van der Waals surface area contributed by atoms with Crippen LogP contribution in [0.15, 0.2) is 18.2 Å². The molecule has 5 heteroatoms. The number of aryl methyl sites for hydroxylation is 1. The highest BCUT2D eigenvalue weighted by Gasteiger charge is 2.20. The molecule has 0 bridgehead atoms. The first-order valence-electron chi connectivity index (χ1n) is 4.17. The lowest BCUT2D eigenvalue weighted by Gasteiger charge is -1.98. The third kappa shape index (κ3) is 1.39. The Hall–Kier alpha value is -1.04. The van der Waals surface area contributed by atoms with Gasteiger partial charge in [-0.1, -0.05) is 0 Å². The minimum atomic E-state index is -1.48. The molecule has 0 aliphatic heterocycles. The van der Waals surface area contributed by atoms with Crippen LogP contribution in [-0.4, -0.2) is 22.3 Å². The molecule has 0 spiro atoms. The van der Waals surface area contributed by atoms with Gasteiger partial charge in [-0.05, 0) is 30.5 Å². The van der Waals surface area contributed by atoms with Crippen molar-refractivity contribution in [1.29, 1.82) is 0 Å². The van der Waals surface area contributed by atoms with E-state index in [2.05, 4.69) is 0 Å². The Balaban J connectivity index is 2.79. The van der Waals surface area contributed by atoms with E-state index in [4.69, 9.17) is 10.0 Å². The first kappa shape index (κ1) is 9.52. The molecule has 2 rings (SSSR count). The van der Waals surface area contributed by atoms with Gasteiger partial charge in [-0.25, -0.2) is 0 Å². The highest BCUT2D eigenvalue weighted by Crippen LogP contribution is 2.26. The van der Waals surface area contributed by atoms with Crippen molar-refractivity contribution < 1.29 is 15.2 Å². The van der Waals surface area contributed by atoms with E-state index >= 15 is 0 Å². The summed E-state index contributed by atoms with van der Waals surface area (Å²) in [5.41, 5.74) is 0.487. The molecule has 0 aliphatic carbocycles. The van der Waals surface area contributed by atoms with E-state index in [1.807, 2.05) is 6.92 Å². The topological polar surface area (TPSA) is 60.7 Å². The van der Waals surface area contributed by atoms with E-state index < -0.39 is 7.12 Å². The fourth-order valence-corrected chi connectivity index (χ4v) is 2.62. The largest absolute Gasteiger partial charge is 0.508 e. The lowest BCUT2D eigenvalue weighted by Crippen LogP contribution is -2.30. The third-order valence-electron chi connectivity index (χ3n) is 2.15. The van der Waals surface area contributed by atoms with E-state index in [1.165, 1.54) is 11.3 Å². The van der Waals surface area contributed by atoms with Crippen molar-refractivity contribution in [1.82, 2.24) is 0 Å². The van der Waals surface area contributed by atoms with Crippen molar-refractivity contribution in [2.24, 2.45) is 0 Å². The van der Waals surface area contributed by atoms with Crippen molar-refractivity contribution >= 4 is 34.0 Å². The molecule has 0 aliphatic rings. The summed E-state index contributed by atoms with van der Waals surface area (Å²) in [4.78, 5) is 0.862. The molecule has 3 N–H and O–H groups in total. The molecule has 0 saturated heterocycles. The first-order chi connectivity index (χ1) is 6.59. The summed E-state index contributed by atoms with van der Waals surface area (Å²) < 4.78 is 0.948. The van der Waals surface area contributed by atoms with Crippen LogP contribution < -0.4 is 5.46 Å². The van der Waals surface area contributed by atoms with Gasteiger partial charge in [0, 0.05) is 15.0 Å². The maximum Gasteiger partial charge on any atom is 0.490 e. The number of fused-ring (bicyclic) bond motifs is 1. The smallest absolute Gasteiger partial charge is 0.490 e. The van der Waals surface area contributed by atoms with E-state index in [0.29, 0.717) is 10.8 Å². The number of benzene rings is 1. The average Bonchev–Trinajstić information content (AvgIpc) is 2.40. The van der Waals surface area contributed by atoms with Gasteiger partial charge >= 0.3 is 7.12 Å². The Labute approximate surface area is 85.4 Å². The van der Waals surface area contributed by atoms with Crippen molar-refractivity contribution in [3.63, 3.8) is 0 Å². The van der Waals surface area contributed by atoms with Crippen LogP contribution in [0, 0.1) is 6.92 Å². The summed E-state index contributed by atoms with van der Waals surface area (Å²) in [6.45, 7) is 1.83. The van der Waals surface area contributed by atoms with Crippen molar-refractivity contribution in [3.05, 3.63) is 23.1 Å². The molecule has 3 nitrogen and oxygen atoms in total. The quantitative estimate of drug-likeness (QED) is 0.601. The zero-order valence-corrected chi connectivity index (χ0v) is 8.38. The number of hydrogen-bond donors (Lipinski definition) is 3. The third-order valence-corrected chi connectivity index (χ3v) is 3.26. The maximum absolute atomic E-state index is 9.29. The van der Waals surface area contributed by atoms with Gasteiger partial charge in [0.2, 0.25) is 0 Å². The van der Waals surface area contributed by atoms with Crippen LogP contribution in [0.4, 0.5) is 0 Å². The Morgan fingerprint density at radius 3 is 2.64 bits per heavy atom. The Bertz CT molecular complexity index is 478. The lowest BCUT2D eigenvalue weighted by atomic mass is 9.78. The van der Waals surface area contributed by atoms with Gasteiger partial charge in [0.1, 0.15) is 5.75 Å². The molecule has 0 radical (unpaired) electrons. The van der Waals surface area contributed by atoms with Gasteiger partial charge in [0.15, 0.2) is 0 Å². The zero-order valence-electron chi connectivity index (χ0n) is 7.56. The van der Waals surface area contributed by atoms with Crippen LogP contribution in [0.1, 0.15) is 4.88 Å².